The minimum absolute atomic E-state index is 0.234. The molecule has 1 aromatic carbocycles. The number of aryl methyl sites for hydroxylation is 2. The lowest BCUT2D eigenvalue weighted by Gasteiger charge is -2.25. The van der Waals surface area contributed by atoms with Crippen LogP contribution in [0.1, 0.15) is 29.5 Å². The predicted octanol–water partition coefficient (Wildman–Crippen LogP) is 1.85. The third-order valence-electron chi connectivity index (χ3n) is 3.74. The number of rotatable bonds is 6. The molecule has 106 valence electrons. The fourth-order valence-electron chi connectivity index (χ4n) is 3.02. The highest BCUT2D eigenvalue weighted by Crippen LogP contribution is 2.13. The van der Waals surface area contributed by atoms with E-state index in [0.29, 0.717) is 6.04 Å². The van der Waals surface area contributed by atoms with Crippen LogP contribution in [0.3, 0.4) is 0 Å². The van der Waals surface area contributed by atoms with E-state index in [9.17, 15) is 5.11 Å². The van der Waals surface area contributed by atoms with Gasteiger partial charge in [0.15, 0.2) is 0 Å². The Morgan fingerprint density at radius 3 is 2.58 bits per heavy atom. The number of hydrogen-bond acceptors (Lipinski definition) is 3. The Hall–Kier alpha value is -0.900. The van der Waals surface area contributed by atoms with Crippen molar-refractivity contribution in [2.24, 2.45) is 0 Å². The molecule has 1 aliphatic rings. The quantitative estimate of drug-likeness (QED) is 0.821. The molecule has 1 aliphatic heterocycles. The summed E-state index contributed by atoms with van der Waals surface area (Å²) in [7, 11) is 0. The van der Waals surface area contributed by atoms with E-state index >= 15 is 0 Å². The minimum Gasteiger partial charge on any atom is -0.395 e. The molecule has 3 heteroatoms. The molecule has 0 spiro atoms. The monoisotopic (exact) mass is 262 g/mol. The molecule has 2 rings (SSSR count). The lowest BCUT2D eigenvalue weighted by molar-refractivity contribution is 0.179. The molecule has 0 radical (unpaired) electrons. The molecule has 19 heavy (non-hydrogen) atoms. The highest BCUT2D eigenvalue weighted by molar-refractivity contribution is 5.28. The Labute approximate surface area is 116 Å². The predicted molar refractivity (Wildman–Crippen MR) is 79.3 cm³/mol. The van der Waals surface area contributed by atoms with Crippen molar-refractivity contribution in [3.05, 3.63) is 34.9 Å². The number of aliphatic hydroxyl groups is 1. The van der Waals surface area contributed by atoms with Gasteiger partial charge in [-0.3, -0.25) is 4.90 Å². The molecular formula is C16H26N2O. The zero-order valence-corrected chi connectivity index (χ0v) is 12.2. The van der Waals surface area contributed by atoms with Gasteiger partial charge in [0, 0.05) is 25.7 Å². The third-order valence-corrected chi connectivity index (χ3v) is 3.74. The second-order valence-corrected chi connectivity index (χ2v) is 5.75. The fourth-order valence-corrected chi connectivity index (χ4v) is 3.02. The summed E-state index contributed by atoms with van der Waals surface area (Å²) in [6.07, 6.45) is 2.54. The number of nitrogens with zero attached hydrogens (tertiary/aromatic N) is 1. The Morgan fingerprint density at radius 2 is 2.00 bits per heavy atom. The molecule has 1 aromatic rings. The Morgan fingerprint density at radius 1 is 1.26 bits per heavy atom. The molecular weight excluding hydrogens is 236 g/mol. The van der Waals surface area contributed by atoms with Crippen LogP contribution in [0, 0.1) is 13.8 Å². The van der Waals surface area contributed by atoms with Crippen molar-refractivity contribution in [3.63, 3.8) is 0 Å². The van der Waals surface area contributed by atoms with E-state index in [-0.39, 0.29) is 6.61 Å². The first-order valence-electron chi connectivity index (χ1n) is 7.31. The Balaban J connectivity index is 1.98. The number of hydrogen-bond donors (Lipinski definition) is 2. The lowest BCUT2D eigenvalue weighted by Crippen LogP contribution is -2.38. The molecule has 0 aromatic heterocycles. The zero-order chi connectivity index (χ0) is 13.7. The Bertz CT molecular complexity index is 379. The van der Waals surface area contributed by atoms with E-state index < -0.39 is 0 Å². The molecule has 1 fully saturated rings. The van der Waals surface area contributed by atoms with Crippen molar-refractivity contribution in [3.8, 4) is 0 Å². The van der Waals surface area contributed by atoms with Gasteiger partial charge in [0.2, 0.25) is 0 Å². The van der Waals surface area contributed by atoms with Gasteiger partial charge >= 0.3 is 0 Å². The molecule has 3 nitrogen and oxygen atoms in total. The SMILES string of the molecule is Cc1cc(C)cc(CN(CCO)CC2CCCN2)c1. The van der Waals surface area contributed by atoms with Crippen molar-refractivity contribution >= 4 is 0 Å². The van der Waals surface area contributed by atoms with Gasteiger partial charge in [-0.2, -0.15) is 0 Å². The van der Waals surface area contributed by atoms with E-state index in [1.165, 1.54) is 29.5 Å². The summed E-state index contributed by atoms with van der Waals surface area (Å²) in [6, 6.07) is 7.30. The third kappa shape index (κ3) is 4.60. The largest absolute Gasteiger partial charge is 0.395 e. The van der Waals surface area contributed by atoms with E-state index in [0.717, 1.165) is 26.2 Å². The summed E-state index contributed by atoms with van der Waals surface area (Å²) in [5.41, 5.74) is 3.99. The highest BCUT2D eigenvalue weighted by atomic mass is 16.3. The van der Waals surface area contributed by atoms with E-state index in [1.54, 1.807) is 0 Å². The first-order valence-corrected chi connectivity index (χ1v) is 7.31. The lowest BCUT2D eigenvalue weighted by atomic mass is 10.1. The topological polar surface area (TPSA) is 35.5 Å². The van der Waals surface area contributed by atoms with Crippen LogP contribution >= 0.6 is 0 Å². The molecule has 2 N–H and O–H groups in total. The molecule has 1 atom stereocenters. The summed E-state index contributed by atoms with van der Waals surface area (Å²) >= 11 is 0. The van der Waals surface area contributed by atoms with Crippen LogP contribution in [0.4, 0.5) is 0 Å². The molecule has 0 bridgehead atoms. The molecule has 0 saturated carbocycles. The van der Waals surface area contributed by atoms with Gasteiger partial charge in [0.05, 0.1) is 6.61 Å². The van der Waals surface area contributed by atoms with Crippen LogP contribution in [-0.4, -0.2) is 42.3 Å². The second kappa shape index (κ2) is 7.04. The van der Waals surface area contributed by atoms with Gasteiger partial charge in [0.1, 0.15) is 0 Å². The van der Waals surface area contributed by atoms with Crippen LogP contribution in [-0.2, 0) is 6.54 Å². The first kappa shape index (κ1) is 14.5. The summed E-state index contributed by atoms with van der Waals surface area (Å²) < 4.78 is 0. The summed E-state index contributed by atoms with van der Waals surface area (Å²) in [5, 5.41) is 12.8. The van der Waals surface area contributed by atoms with Crippen LogP contribution in [0.5, 0.6) is 0 Å². The van der Waals surface area contributed by atoms with Crippen LogP contribution in [0.2, 0.25) is 0 Å². The maximum absolute atomic E-state index is 9.24. The molecule has 1 unspecified atom stereocenters. The van der Waals surface area contributed by atoms with Gasteiger partial charge in [-0.25, -0.2) is 0 Å². The normalized spacial score (nSPS) is 19.3. The Kier molecular flexibility index (Phi) is 5.37. The summed E-state index contributed by atoms with van der Waals surface area (Å²) in [5.74, 6) is 0. The summed E-state index contributed by atoms with van der Waals surface area (Å²) in [4.78, 5) is 2.36. The molecule has 1 heterocycles. The van der Waals surface area contributed by atoms with Gasteiger partial charge in [-0.1, -0.05) is 29.3 Å². The average molecular weight is 262 g/mol. The fraction of sp³-hybridized carbons (Fsp3) is 0.625. The van der Waals surface area contributed by atoms with Crippen molar-refractivity contribution in [2.45, 2.75) is 39.3 Å². The van der Waals surface area contributed by atoms with E-state index in [1.807, 2.05) is 0 Å². The highest BCUT2D eigenvalue weighted by Gasteiger charge is 2.17. The van der Waals surface area contributed by atoms with E-state index in [2.05, 4.69) is 42.3 Å². The van der Waals surface area contributed by atoms with Crippen LogP contribution in [0.15, 0.2) is 18.2 Å². The van der Waals surface area contributed by atoms with Crippen LogP contribution < -0.4 is 5.32 Å². The van der Waals surface area contributed by atoms with Gasteiger partial charge in [0.25, 0.3) is 0 Å². The van der Waals surface area contributed by atoms with Crippen molar-refractivity contribution in [2.75, 3.05) is 26.2 Å². The van der Waals surface area contributed by atoms with Gasteiger partial charge in [-0.05, 0) is 38.8 Å². The molecule has 0 amide bonds. The van der Waals surface area contributed by atoms with Crippen LogP contribution in [0.25, 0.3) is 0 Å². The number of benzene rings is 1. The van der Waals surface area contributed by atoms with Gasteiger partial charge < -0.3 is 10.4 Å². The number of nitrogens with one attached hydrogen (secondary N) is 1. The van der Waals surface area contributed by atoms with Crippen molar-refractivity contribution in [1.29, 1.82) is 0 Å². The maximum atomic E-state index is 9.24. The number of aliphatic hydroxyl groups excluding tert-OH is 1. The van der Waals surface area contributed by atoms with Crippen molar-refractivity contribution < 1.29 is 5.11 Å². The first-order chi connectivity index (χ1) is 9.17. The second-order valence-electron chi connectivity index (χ2n) is 5.75. The standard InChI is InChI=1S/C16H26N2O/c1-13-8-14(2)10-15(9-13)11-18(6-7-19)12-16-4-3-5-17-16/h8-10,16-17,19H,3-7,11-12H2,1-2H3. The molecule has 1 saturated heterocycles. The van der Waals surface area contributed by atoms with Gasteiger partial charge in [-0.15, -0.1) is 0 Å². The van der Waals surface area contributed by atoms with Crippen molar-refractivity contribution in [1.82, 2.24) is 10.2 Å². The summed E-state index contributed by atoms with van der Waals surface area (Å²) in [6.45, 7) is 8.38. The zero-order valence-electron chi connectivity index (χ0n) is 12.2. The van der Waals surface area contributed by atoms with E-state index in [4.69, 9.17) is 0 Å². The maximum Gasteiger partial charge on any atom is 0.0558 e. The molecule has 0 aliphatic carbocycles. The smallest absolute Gasteiger partial charge is 0.0558 e. The average Bonchev–Trinajstić information content (AvgIpc) is 2.80. The minimum atomic E-state index is 0.234.